The van der Waals surface area contributed by atoms with Gasteiger partial charge in [-0.25, -0.2) is 0 Å². The van der Waals surface area contributed by atoms with Crippen molar-refractivity contribution in [2.45, 2.75) is 6.54 Å². The van der Waals surface area contributed by atoms with Crippen LogP contribution in [-0.2, 0) is 11.3 Å². The molecule has 0 atom stereocenters. The molecule has 0 unspecified atom stereocenters. The second-order valence-corrected chi connectivity index (χ2v) is 5.04. The summed E-state index contributed by atoms with van der Waals surface area (Å²) in [6.07, 6.45) is 3.51. The van der Waals surface area contributed by atoms with Crippen LogP contribution in [0.25, 0.3) is 6.08 Å². The van der Waals surface area contributed by atoms with E-state index in [-0.39, 0.29) is 5.91 Å². The summed E-state index contributed by atoms with van der Waals surface area (Å²) in [5, 5.41) is 3.34. The minimum absolute atomic E-state index is 0.0232. The van der Waals surface area contributed by atoms with Crippen LogP contribution in [0.3, 0.4) is 0 Å². The van der Waals surface area contributed by atoms with Gasteiger partial charge in [-0.05, 0) is 23.3 Å². The average Bonchev–Trinajstić information content (AvgIpc) is 2.76. The zero-order chi connectivity index (χ0) is 14.5. The van der Waals surface area contributed by atoms with Crippen molar-refractivity contribution in [2.24, 2.45) is 0 Å². The van der Waals surface area contributed by atoms with Gasteiger partial charge in [-0.3, -0.25) is 4.79 Å². The van der Waals surface area contributed by atoms with Crippen molar-refractivity contribution in [1.82, 2.24) is 5.32 Å². The zero-order valence-corrected chi connectivity index (χ0v) is 11.8. The molecule has 0 saturated carbocycles. The first-order valence-electron chi connectivity index (χ1n) is 7.18. The largest absolute Gasteiger partial charge is 0.311 e. The molecule has 0 fully saturated rings. The molecule has 2 aromatic rings. The van der Waals surface area contributed by atoms with E-state index in [1.807, 2.05) is 59.5 Å². The highest BCUT2D eigenvalue weighted by molar-refractivity contribution is 6.04. The number of rotatable bonds is 2. The molecule has 106 valence electrons. The Morgan fingerprint density at radius 2 is 1.81 bits per heavy atom. The van der Waals surface area contributed by atoms with E-state index in [1.54, 1.807) is 6.08 Å². The molecule has 0 aromatic heterocycles. The molecule has 0 saturated heterocycles. The lowest BCUT2D eigenvalue weighted by atomic mass is 10.1. The maximum absolute atomic E-state index is 12.5. The van der Waals surface area contributed by atoms with Crippen molar-refractivity contribution in [2.75, 3.05) is 18.0 Å². The summed E-state index contributed by atoms with van der Waals surface area (Å²) in [6, 6.07) is 17.9. The number of para-hydroxylation sites is 1. The Balaban J connectivity index is 1.83. The fourth-order valence-corrected chi connectivity index (χ4v) is 2.51. The fraction of sp³-hybridized carbons (Fsp3) is 0.167. The van der Waals surface area contributed by atoms with Crippen LogP contribution < -0.4 is 10.2 Å². The highest BCUT2D eigenvalue weighted by Gasteiger charge is 2.18. The predicted molar refractivity (Wildman–Crippen MR) is 86.0 cm³/mol. The van der Waals surface area contributed by atoms with Crippen LogP contribution in [0.15, 0.2) is 60.7 Å². The van der Waals surface area contributed by atoms with Crippen LogP contribution >= 0.6 is 0 Å². The number of anilines is 1. The second kappa shape index (κ2) is 6.37. The number of carbonyl (C=O) groups excluding carboxylic acids is 1. The number of benzene rings is 2. The maximum Gasteiger partial charge on any atom is 0.251 e. The van der Waals surface area contributed by atoms with E-state index in [0.717, 1.165) is 29.9 Å². The molecule has 1 aliphatic rings. The Kier molecular flexibility index (Phi) is 4.12. The van der Waals surface area contributed by atoms with Gasteiger partial charge >= 0.3 is 0 Å². The van der Waals surface area contributed by atoms with Crippen LogP contribution in [0.1, 0.15) is 11.1 Å². The minimum Gasteiger partial charge on any atom is -0.311 e. The quantitative estimate of drug-likeness (QED) is 0.857. The van der Waals surface area contributed by atoms with Gasteiger partial charge in [0.25, 0.3) is 5.91 Å². The first-order chi connectivity index (χ1) is 10.3. The van der Waals surface area contributed by atoms with Gasteiger partial charge in [-0.2, -0.15) is 0 Å². The molecule has 3 nitrogen and oxygen atoms in total. The lowest BCUT2D eigenvalue weighted by Crippen LogP contribution is -2.33. The lowest BCUT2D eigenvalue weighted by molar-refractivity contribution is -0.114. The number of amides is 1. The second-order valence-electron chi connectivity index (χ2n) is 5.04. The topological polar surface area (TPSA) is 32.3 Å². The Morgan fingerprint density at radius 3 is 2.67 bits per heavy atom. The van der Waals surface area contributed by atoms with Crippen LogP contribution in [0.4, 0.5) is 5.69 Å². The van der Waals surface area contributed by atoms with E-state index >= 15 is 0 Å². The van der Waals surface area contributed by atoms with Crippen molar-refractivity contribution in [3.63, 3.8) is 0 Å². The Hall–Kier alpha value is -2.39. The zero-order valence-electron chi connectivity index (χ0n) is 11.8. The van der Waals surface area contributed by atoms with E-state index in [0.29, 0.717) is 6.54 Å². The Labute approximate surface area is 124 Å². The standard InChI is InChI=1S/C18H18N2O/c21-18(11-10-15-6-2-1-3-7-15)20-13-12-19-14-16-8-4-5-9-17(16)20/h1-11,19H,12-14H2. The summed E-state index contributed by atoms with van der Waals surface area (Å²) >= 11 is 0. The van der Waals surface area contributed by atoms with E-state index in [2.05, 4.69) is 11.4 Å². The molecule has 21 heavy (non-hydrogen) atoms. The van der Waals surface area contributed by atoms with Crippen molar-refractivity contribution < 1.29 is 4.79 Å². The molecular formula is C18H18N2O. The molecule has 2 aromatic carbocycles. The van der Waals surface area contributed by atoms with Crippen LogP contribution in [0, 0.1) is 0 Å². The summed E-state index contributed by atoms with van der Waals surface area (Å²) in [7, 11) is 0. The molecule has 0 spiro atoms. The SMILES string of the molecule is O=C(C=Cc1ccccc1)N1CCNCc2ccccc21. The van der Waals surface area contributed by atoms with Gasteiger partial charge in [-0.1, -0.05) is 48.5 Å². The summed E-state index contributed by atoms with van der Waals surface area (Å²) in [6.45, 7) is 2.30. The smallest absolute Gasteiger partial charge is 0.251 e. The Morgan fingerprint density at radius 1 is 1.05 bits per heavy atom. The van der Waals surface area contributed by atoms with Gasteiger partial charge in [-0.15, -0.1) is 0 Å². The van der Waals surface area contributed by atoms with Crippen LogP contribution in [-0.4, -0.2) is 19.0 Å². The molecule has 1 N–H and O–H groups in total. The first kappa shape index (κ1) is 13.6. The van der Waals surface area contributed by atoms with Crippen molar-refractivity contribution in [3.05, 3.63) is 71.8 Å². The molecule has 1 amide bonds. The van der Waals surface area contributed by atoms with Gasteiger partial charge in [0.1, 0.15) is 0 Å². The van der Waals surface area contributed by atoms with Gasteiger partial charge in [0.15, 0.2) is 0 Å². The number of nitrogens with zero attached hydrogens (tertiary/aromatic N) is 1. The lowest BCUT2D eigenvalue weighted by Gasteiger charge is -2.20. The molecule has 0 bridgehead atoms. The molecule has 0 radical (unpaired) electrons. The Bertz CT molecular complexity index is 649. The summed E-state index contributed by atoms with van der Waals surface area (Å²) in [5.74, 6) is 0.0232. The first-order valence-corrected chi connectivity index (χ1v) is 7.18. The third-order valence-corrected chi connectivity index (χ3v) is 3.59. The van der Waals surface area contributed by atoms with Gasteiger partial charge in [0, 0.05) is 31.4 Å². The molecule has 0 aliphatic carbocycles. The summed E-state index contributed by atoms with van der Waals surface area (Å²) in [4.78, 5) is 14.3. The van der Waals surface area contributed by atoms with Crippen LogP contribution in [0.2, 0.25) is 0 Å². The van der Waals surface area contributed by atoms with Crippen molar-refractivity contribution >= 4 is 17.7 Å². The average molecular weight is 278 g/mol. The van der Waals surface area contributed by atoms with Crippen molar-refractivity contribution in [3.8, 4) is 0 Å². The third kappa shape index (κ3) is 3.20. The number of hydrogen-bond acceptors (Lipinski definition) is 2. The fourth-order valence-electron chi connectivity index (χ4n) is 2.51. The molecular weight excluding hydrogens is 260 g/mol. The third-order valence-electron chi connectivity index (χ3n) is 3.59. The van der Waals surface area contributed by atoms with E-state index in [4.69, 9.17) is 0 Å². The molecule has 1 aliphatic heterocycles. The highest BCUT2D eigenvalue weighted by atomic mass is 16.2. The molecule has 3 rings (SSSR count). The van der Waals surface area contributed by atoms with Gasteiger partial charge in [0.05, 0.1) is 0 Å². The highest BCUT2D eigenvalue weighted by Crippen LogP contribution is 2.22. The predicted octanol–water partition coefficient (Wildman–Crippen LogP) is 2.84. The van der Waals surface area contributed by atoms with E-state index in [9.17, 15) is 4.79 Å². The normalized spacial score (nSPS) is 14.8. The number of nitrogens with one attached hydrogen (secondary N) is 1. The number of carbonyl (C=O) groups is 1. The molecule has 1 heterocycles. The van der Waals surface area contributed by atoms with Gasteiger partial charge < -0.3 is 10.2 Å². The summed E-state index contributed by atoms with van der Waals surface area (Å²) < 4.78 is 0. The maximum atomic E-state index is 12.5. The van der Waals surface area contributed by atoms with Gasteiger partial charge in [0.2, 0.25) is 0 Å². The number of fused-ring (bicyclic) bond motifs is 1. The van der Waals surface area contributed by atoms with Crippen molar-refractivity contribution in [1.29, 1.82) is 0 Å². The summed E-state index contributed by atoms with van der Waals surface area (Å²) in [5.41, 5.74) is 3.20. The van der Waals surface area contributed by atoms with E-state index in [1.165, 1.54) is 0 Å². The number of hydrogen-bond donors (Lipinski definition) is 1. The minimum atomic E-state index is 0.0232. The van der Waals surface area contributed by atoms with E-state index < -0.39 is 0 Å². The molecule has 3 heteroatoms. The monoisotopic (exact) mass is 278 g/mol. The van der Waals surface area contributed by atoms with Crippen LogP contribution in [0.5, 0.6) is 0 Å².